The lowest BCUT2D eigenvalue weighted by Crippen LogP contribution is -2.49. The fourth-order valence-corrected chi connectivity index (χ4v) is 4.40. The summed E-state index contributed by atoms with van der Waals surface area (Å²) in [6.45, 7) is 8.92. The molecule has 2 aromatic carbocycles. The first-order chi connectivity index (χ1) is 16.4. The van der Waals surface area contributed by atoms with Gasteiger partial charge in [0.05, 0.1) is 14.2 Å². The number of piperazine rings is 1. The van der Waals surface area contributed by atoms with Crippen LogP contribution in [0.15, 0.2) is 42.5 Å². The van der Waals surface area contributed by atoms with E-state index in [1.54, 1.807) is 32.4 Å². The number of aromatic nitrogens is 2. The van der Waals surface area contributed by atoms with Gasteiger partial charge in [0, 0.05) is 54.6 Å². The van der Waals surface area contributed by atoms with E-state index >= 15 is 0 Å². The number of methoxy groups -OCH3 is 2. The van der Waals surface area contributed by atoms with E-state index in [0.717, 1.165) is 34.9 Å². The molecule has 1 amide bonds. The molecule has 0 radical (unpaired) electrons. The number of rotatable bonds is 6. The zero-order chi connectivity index (χ0) is 24.2. The zero-order valence-electron chi connectivity index (χ0n) is 20.6. The Balaban J connectivity index is 1.55. The molecule has 0 bridgehead atoms. The number of aryl methyl sites for hydroxylation is 2. The van der Waals surface area contributed by atoms with Crippen LogP contribution in [-0.4, -0.2) is 61.2 Å². The van der Waals surface area contributed by atoms with Gasteiger partial charge >= 0.3 is 0 Å². The Bertz CT molecular complexity index is 1160. The number of carbonyl (C=O) groups is 1. The molecule has 0 saturated carbocycles. The molecule has 1 aromatic heterocycles. The molecule has 1 aliphatic heterocycles. The number of amides is 1. The number of benzene rings is 2. The molecule has 1 fully saturated rings. The molecule has 7 nitrogen and oxygen atoms in total. The van der Waals surface area contributed by atoms with Crippen LogP contribution in [0.5, 0.6) is 11.5 Å². The van der Waals surface area contributed by atoms with Crippen molar-refractivity contribution in [3.63, 3.8) is 0 Å². The Kier molecular flexibility index (Phi) is 7.01. The molecule has 0 spiro atoms. The molecule has 0 N–H and O–H groups in total. The van der Waals surface area contributed by atoms with E-state index in [4.69, 9.17) is 19.4 Å². The molecular weight excluding hydrogens is 428 g/mol. The smallest absolute Gasteiger partial charge is 0.254 e. The van der Waals surface area contributed by atoms with Crippen LogP contribution >= 0.6 is 0 Å². The van der Waals surface area contributed by atoms with E-state index in [2.05, 4.69) is 43.9 Å². The normalized spacial score (nSPS) is 13.7. The molecule has 178 valence electrons. The lowest BCUT2D eigenvalue weighted by molar-refractivity contribution is 0.0745. The summed E-state index contributed by atoms with van der Waals surface area (Å²) in [5.74, 6) is 2.91. The second kappa shape index (κ2) is 10.1. The molecular formula is C27H32N4O3. The summed E-state index contributed by atoms with van der Waals surface area (Å²) in [5, 5.41) is 0. The van der Waals surface area contributed by atoms with Crippen LogP contribution in [0.4, 0.5) is 5.82 Å². The maximum Gasteiger partial charge on any atom is 0.254 e. The minimum atomic E-state index is -0.0214. The Morgan fingerprint density at radius 3 is 2.21 bits per heavy atom. The second-order valence-electron chi connectivity index (χ2n) is 8.54. The summed E-state index contributed by atoms with van der Waals surface area (Å²) in [7, 11) is 3.17. The van der Waals surface area contributed by atoms with E-state index in [1.807, 2.05) is 11.0 Å². The Morgan fingerprint density at radius 2 is 1.62 bits per heavy atom. The highest BCUT2D eigenvalue weighted by Crippen LogP contribution is 2.28. The van der Waals surface area contributed by atoms with Gasteiger partial charge in [-0.05, 0) is 38.5 Å². The summed E-state index contributed by atoms with van der Waals surface area (Å²) in [5.41, 5.74) is 4.94. The SMILES string of the molecule is CCc1c(C)nc(-c2cccc(C)c2)nc1N1CCN(C(=O)c2cc(OC)cc(OC)c2)CC1. The predicted molar refractivity (Wildman–Crippen MR) is 134 cm³/mol. The van der Waals surface area contributed by atoms with E-state index in [1.165, 1.54) is 5.56 Å². The van der Waals surface area contributed by atoms with Gasteiger partial charge in [-0.25, -0.2) is 9.97 Å². The van der Waals surface area contributed by atoms with Crippen LogP contribution < -0.4 is 14.4 Å². The largest absolute Gasteiger partial charge is 0.497 e. The van der Waals surface area contributed by atoms with E-state index < -0.39 is 0 Å². The van der Waals surface area contributed by atoms with Gasteiger partial charge in [0.15, 0.2) is 5.82 Å². The fraction of sp³-hybridized carbons (Fsp3) is 0.370. The third kappa shape index (κ3) is 4.83. The number of hydrogen-bond donors (Lipinski definition) is 0. The average Bonchev–Trinajstić information content (AvgIpc) is 2.87. The van der Waals surface area contributed by atoms with Crippen LogP contribution in [0.3, 0.4) is 0 Å². The van der Waals surface area contributed by atoms with Crippen LogP contribution in [-0.2, 0) is 6.42 Å². The summed E-state index contributed by atoms with van der Waals surface area (Å²) in [6, 6.07) is 13.6. The highest BCUT2D eigenvalue weighted by molar-refractivity contribution is 5.95. The summed E-state index contributed by atoms with van der Waals surface area (Å²) < 4.78 is 10.7. The van der Waals surface area contributed by atoms with Crippen LogP contribution in [0.25, 0.3) is 11.4 Å². The second-order valence-corrected chi connectivity index (χ2v) is 8.54. The van der Waals surface area contributed by atoms with Gasteiger partial charge in [-0.1, -0.05) is 30.7 Å². The molecule has 0 unspecified atom stereocenters. The highest BCUT2D eigenvalue weighted by atomic mass is 16.5. The molecule has 34 heavy (non-hydrogen) atoms. The number of anilines is 1. The van der Waals surface area contributed by atoms with Crippen molar-refractivity contribution in [1.29, 1.82) is 0 Å². The lowest BCUT2D eigenvalue weighted by atomic mass is 10.1. The van der Waals surface area contributed by atoms with Crippen molar-refractivity contribution in [2.75, 3.05) is 45.3 Å². The molecule has 1 saturated heterocycles. The quantitative estimate of drug-likeness (QED) is 0.546. The minimum Gasteiger partial charge on any atom is -0.497 e. The fourth-order valence-electron chi connectivity index (χ4n) is 4.40. The molecule has 1 aliphatic rings. The maximum absolute atomic E-state index is 13.2. The average molecular weight is 461 g/mol. The minimum absolute atomic E-state index is 0.0214. The first kappa shape index (κ1) is 23.5. The molecule has 7 heteroatoms. The highest BCUT2D eigenvalue weighted by Gasteiger charge is 2.26. The van der Waals surface area contributed by atoms with Crippen molar-refractivity contribution < 1.29 is 14.3 Å². The van der Waals surface area contributed by atoms with Gasteiger partial charge in [-0.2, -0.15) is 0 Å². The first-order valence-electron chi connectivity index (χ1n) is 11.6. The predicted octanol–water partition coefficient (Wildman–Crippen LogP) is 4.30. The zero-order valence-corrected chi connectivity index (χ0v) is 20.6. The molecule has 4 rings (SSSR count). The Morgan fingerprint density at radius 1 is 0.941 bits per heavy atom. The third-order valence-corrected chi connectivity index (χ3v) is 6.29. The summed E-state index contributed by atoms with van der Waals surface area (Å²) in [4.78, 5) is 27.2. The number of hydrogen-bond acceptors (Lipinski definition) is 6. The van der Waals surface area contributed by atoms with Gasteiger partial charge in [-0.3, -0.25) is 4.79 Å². The van der Waals surface area contributed by atoms with Crippen LogP contribution in [0, 0.1) is 13.8 Å². The van der Waals surface area contributed by atoms with Crippen LogP contribution in [0.1, 0.15) is 34.1 Å². The summed E-state index contributed by atoms with van der Waals surface area (Å²) in [6.07, 6.45) is 0.859. The Labute approximate surface area is 201 Å². The van der Waals surface area contributed by atoms with E-state index in [9.17, 15) is 4.79 Å². The van der Waals surface area contributed by atoms with Crippen molar-refractivity contribution in [3.8, 4) is 22.9 Å². The van der Waals surface area contributed by atoms with Gasteiger partial charge in [0.25, 0.3) is 5.91 Å². The van der Waals surface area contributed by atoms with Crippen molar-refractivity contribution in [2.45, 2.75) is 27.2 Å². The van der Waals surface area contributed by atoms with E-state index in [0.29, 0.717) is 43.2 Å². The molecule has 3 aromatic rings. The molecule has 2 heterocycles. The number of carbonyl (C=O) groups excluding carboxylic acids is 1. The molecule has 0 atom stereocenters. The topological polar surface area (TPSA) is 67.8 Å². The Hall–Kier alpha value is -3.61. The van der Waals surface area contributed by atoms with E-state index in [-0.39, 0.29) is 5.91 Å². The lowest BCUT2D eigenvalue weighted by Gasteiger charge is -2.36. The molecule has 0 aliphatic carbocycles. The van der Waals surface area contributed by atoms with Gasteiger partial charge in [-0.15, -0.1) is 0 Å². The maximum atomic E-state index is 13.2. The monoisotopic (exact) mass is 460 g/mol. The van der Waals surface area contributed by atoms with Crippen molar-refractivity contribution in [3.05, 3.63) is 64.8 Å². The van der Waals surface area contributed by atoms with Gasteiger partial charge in [0.1, 0.15) is 17.3 Å². The van der Waals surface area contributed by atoms with Crippen LogP contribution in [0.2, 0.25) is 0 Å². The summed E-state index contributed by atoms with van der Waals surface area (Å²) >= 11 is 0. The van der Waals surface area contributed by atoms with Gasteiger partial charge < -0.3 is 19.3 Å². The van der Waals surface area contributed by atoms with Crippen molar-refractivity contribution in [2.24, 2.45) is 0 Å². The van der Waals surface area contributed by atoms with Gasteiger partial charge in [0.2, 0.25) is 0 Å². The number of nitrogens with zero attached hydrogens (tertiary/aromatic N) is 4. The first-order valence-corrected chi connectivity index (χ1v) is 11.6. The van der Waals surface area contributed by atoms with Crippen molar-refractivity contribution in [1.82, 2.24) is 14.9 Å². The number of ether oxygens (including phenoxy) is 2. The standard InChI is InChI=1S/C27H32N4O3/c1-6-24-19(3)28-25(20-9-7-8-18(2)14-20)29-26(24)30-10-12-31(13-11-30)27(32)21-15-22(33-4)17-23(16-21)34-5/h7-9,14-17H,6,10-13H2,1-5H3. The third-order valence-electron chi connectivity index (χ3n) is 6.29. The van der Waals surface area contributed by atoms with Crippen molar-refractivity contribution >= 4 is 11.7 Å².